The number of hydrogen-bond donors (Lipinski definition) is 1. The third-order valence-corrected chi connectivity index (χ3v) is 6.39. The molecule has 168 valence electrons. The molecule has 8 heteroatoms. The molecular weight excluding hydrogens is 422 g/mol. The van der Waals surface area contributed by atoms with Crippen LogP contribution in [0.15, 0.2) is 66.4 Å². The van der Waals surface area contributed by atoms with Gasteiger partial charge >= 0.3 is 0 Å². The Kier molecular flexibility index (Phi) is 5.20. The summed E-state index contributed by atoms with van der Waals surface area (Å²) < 4.78 is 6.21. The van der Waals surface area contributed by atoms with Crippen molar-refractivity contribution in [3.05, 3.63) is 71.9 Å². The van der Waals surface area contributed by atoms with Gasteiger partial charge in [-0.2, -0.15) is 0 Å². The lowest BCUT2D eigenvalue weighted by Crippen LogP contribution is -2.53. The fraction of sp³-hybridized carbons (Fsp3) is 0.280. The van der Waals surface area contributed by atoms with Gasteiger partial charge in [0.05, 0.1) is 24.2 Å². The zero-order valence-electron chi connectivity index (χ0n) is 18.0. The second kappa shape index (κ2) is 8.20. The fourth-order valence-electron chi connectivity index (χ4n) is 4.59. The Morgan fingerprint density at radius 2 is 1.67 bits per heavy atom. The number of para-hydroxylation sites is 2. The number of hydrogen-bond acceptors (Lipinski definition) is 6. The number of carbonyl (C=O) groups excluding carboxylic acids is 4. The summed E-state index contributed by atoms with van der Waals surface area (Å²) in [6, 6.07) is 15.9. The van der Waals surface area contributed by atoms with E-state index in [0.717, 1.165) is 4.90 Å². The summed E-state index contributed by atoms with van der Waals surface area (Å²) in [5.74, 6) is -0.427. The molecule has 0 atom stereocenters. The molecule has 0 saturated carbocycles. The number of nitrogens with zero attached hydrogens (tertiary/aromatic N) is 2. The van der Waals surface area contributed by atoms with Crippen LogP contribution in [0.5, 0.6) is 5.75 Å². The topological polar surface area (TPSA) is 96.0 Å². The van der Waals surface area contributed by atoms with Crippen LogP contribution in [-0.2, 0) is 14.4 Å². The summed E-state index contributed by atoms with van der Waals surface area (Å²) in [7, 11) is 0. The lowest BCUT2D eigenvalue weighted by atomic mass is 9.82. The summed E-state index contributed by atoms with van der Waals surface area (Å²) >= 11 is 0. The smallest absolute Gasteiger partial charge is 0.281 e. The minimum atomic E-state index is -0.581. The predicted molar refractivity (Wildman–Crippen MR) is 120 cm³/mol. The number of rotatable bonds is 4. The fourth-order valence-corrected chi connectivity index (χ4v) is 4.59. The van der Waals surface area contributed by atoms with E-state index in [-0.39, 0.29) is 23.9 Å². The lowest BCUT2D eigenvalue weighted by Gasteiger charge is -2.44. The first-order valence-electron chi connectivity index (χ1n) is 10.9. The number of fused-ring (bicyclic) bond motifs is 1. The average Bonchev–Trinajstić information content (AvgIpc) is 3.11. The molecule has 2 aromatic rings. The SMILES string of the molecule is O=C1CC2(CCN(C(=O)CNC3=CC(=O)N(c4ccccc4)C3=O)CC2)Oc2ccccc21. The number of nitrogens with one attached hydrogen (secondary N) is 1. The predicted octanol–water partition coefficient (Wildman–Crippen LogP) is 2.06. The van der Waals surface area contributed by atoms with Crippen LogP contribution < -0.4 is 15.0 Å². The molecule has 0 aromatic heterocycles. The highest BCUT2D eigenvalue weighted by Crippen LogP contribution is 2.39. The van der Waals surface area contributed by atoms with Gasteiger partial charge in [0, 0.05) is 32.0 Å². The van der Waals surface area contributed by atoms with Crippen LogP contribution in [0.3, 0.4) is 0 Å². The number of carbonyl (C=O) groups is 4. The van der Waals surface area contributed by atoms with E-state index in [1.807, 2.05) is 18.2 Å². The third kappa shape index (κ3) is 3.88. The van der Waals surface area contributed by atoms with Crippen LogP contribution in [0, 0.1) is 0 Å². The molecule has 0 unspecified atom stereocenters. The van der Waals surface area contributed by atoms with Crippen LogP contribution in [-0.4, -0.2) is 53.6 Å². The van der Waals surface area contributed by atoms with Crippen molar-refractivity contribution in [3.63, 3.8) is 0 Å². The Morgan fingerprint density at radius 1 is 0.970 bits per heavy atom. The van der Waals surface area contributed by atoms with Gasteiger partial charge in [-0.3, -0.25) is 19.2 Å². The van der Waals surface area contributed by atoms with Crippen LogP contribution in [0.1, 0.15) is 29.6 Å². The van der Waals surface area contributed by atoms with Crippen LogP contribution in [0.25, 0.3) is 0 Å². The van der Waals surface area contributed by atoms with Gasteiger partial charge in [-0.1, -0.05) is 30.3 Å². The van der Waals surface area contributed by atoms with E-state index in [0.29, 0.717) is 49.4 Å². The Hall–Kier alpha value is -3.94. The molecule has 1 N–H and O–H groups in total. The minimum Gasteiger partial charge on any atom is -0.486 e. The molecule has 1 saturated heterocycles. The number of likely N-dealkylation sites (tertiary alicyclic amines) is 1. The summed E-state index contributed by atoms with van der Waals surface area (Å²) in [6.45, 7) is 0.819. The zero-order chi connectivity index (χ0) is 23.0. The zero-order valence-corrected chi connectivity index (χ0v) is 18.0. The number of benzene rings is 2. The number of ketones is 1. The molecule has 5 rings (SSSR count). The van der Waals surface area contributed by atoms with E-state index >= 15 is 0 Å². The highest BCUT2D eigenvalue weighted by Gasteiger charge is 2.43. The molecule has 3 aliphatic rings. The number of imide groups is 1. The molecule has 0 bridgehead atoms. The summed E-state index contributed by atoms with van der Waals surface area (Å²) in [4.78, 5) is 53.0. The highest BCUT2D eigenvalue weighted by atomic mass is 16.5. The Morgan fingerprint density at radius 3 is 2.42 bits per heavy atom. The van der Waals surface area contributed by atoms with Gasteiger partial charge in [0.1, 0.15) is 17.0 Å². The quantitative estimate of drug-likeness (QED) is 0.724. The number of Topliss-reactive ketones (excluding diaryl/α,β-unsaturated/α-hetero) is 1. The average molecular weight is 445 g/mol. The lowest BCUT2D eigenvalue weighted by molar-refractivity contribution is -0.133. The molecule has 1 spiro atoms. The normalized spacial score (nSPS) is 19.3. The maximum atomic E-state index is 12.7. The standard InChI is InChI=1S/C25H23N3O5/c29-20-15-25(33-21-9-5-4-8-18(20)21)10-12-27(13-11-25)23(31)16-26-19-14-22(30)28(24(19)32)17-6-2-1-3-7-17/h1-9,14,26H,10-13,15-16H2. The molecule has 2 aromatic carbocycles. The first-order chi connectivity index (χ1) is 16.0. The Balaban J connectivity index is 1.17. The maximum Gasteiger partial charge on any atom is 0.281 e. The number of ether oxygens (including phenoxy) is 1. The van der Waals surface area contributed by atoms with Gasteiger partial charge in [0.25, 0.3) is 11.8 Å². The van der Waals surface area contributed by atoms with Gasteiger partial charge < -0.3 is 15.0 Å². The minimum absolute atomic E-state index is 0.0672. The molecule has 1 fully saturated rings. The molecular formula is C25H23N3O5. The van der Waals surface area contributed by atoms with E-state index in [4.69, 9.17) is 4.74 Å². The first kappa shape index (κ1) is 20.9. The molecule has 33 heavy (non-hydrogen) atoms. The first-order valence-corrected chi connectivity index (χ1v) is 10.9. The number of piperidine rings is 1. The van der Waals surface area contributed by atoms with E-state index in [1.165, 1.54) is 6.08 Å². The van der Waals surface area contributed by atoms with Crippen molar-refractivity contribution in [2.24, 2.45) is 0 Å². The van der Waals surface area contributed by atoms with Gasteiger partial charge in [-0.25, -0.2) is 4.90 Å². The Labute approximate surface area is 190 Å². The van der Waals surface area contributed by atoms with Gasteiger partial charge in [-0.05, 0) is 24.3 Å². The van der Waals surface area contributed by atoms with Gasteiger partial charge in [0.15, 0.2) is 5.78 Å². The van der Waals surface area contributed by atoms with Crippen molar-refractivity contribution in [3.8, 4) is 5.75 Å². The van der Waals surface area contributed by atoms with Crippen molar-refractivity contribution in [2.75, 3.05) is 24.5 Å². The van der Waals surface area contributed by atoms with Crippen LogP contribution >= 0.6 is 0 Å². The van der Waals surface area contributed by atoms with E-state index in [9.17, 15) is 19.2 Å². The van der Waals surface area contributed by atoms with Crippen LogP contribution in [0.2, 0.25) is 0 Å². The van der Waals surface area contributed by atoms with Crippen LogP contribution in [0.4, 0.5) is 5.69 Å². The maximum absolute atomic E-state index is 12.7. The second-order valence-electron chi connectivity index (χ2n) is 8.49. The summed E-state index contributed by atoms with van der Waals surface area (Å²) in [6.07, 6.45) is 2.64. The molecule has 3 aliphatic heterocycles. The highest BCUT2D eigenvalue weighted by molar-refractivity contribution is 6.30. The van der Waals surface area contributed by atoms with Gasteiger partial charge in [-0.15, -0.1) is 0 Å². The number of amides is 3. The van der Waals surface area contributed by atoms with E-state index in [1.54, 1.807) is 41.3 Å². The molecule has 3 heterocycles. The molecule has 8 nitrogen and oxygen atoms in total. The van der Waals surface area contributed by atoms with Crippen molar-refractivity contribution in [2.45, 2.75) is 24.9 Å². The van der Waals surface area contributed by atoms with Gasteiger partial charge in [0.2, 0.25) is 5.91 Å². The van der Waals surface area contributed by atoms with Crippen molar-refractivity contribution >= 4 is 29.2 Å². The molecule has 0 aliphatic carbocycles. The molecule has 3 amide bonds. The largest absolute Gasteiger partial charge is 0.486 e. The van der Waals surface area contributed by atoms with Crippen molar-refractivity contribution in [1.82, 2.24) is 10.2 Å². The molecule has 0 radical (unpaired) electrons. The second-order valence-corrected chi connectivity index (χ2v) is 8.49. The monoisotopic (exact) mass is 445 g/mol. The van der Waals surface area contributed by atoms with Crippen molar-refractivity contribution < 1.29 is 23.9 Å². The summed E-state index contributed by atoms with van der Waals surface area (Å²) in [5.41, 5.74) is 0.613. The van der Waals surface area contributed by atoms with E-state index < -0.39 is 17.4 Å². The Bertz CT molecular complexity index is 1170. The van der Waals surface area contributed by atoms with E-state index in [2.05, 4.69) is 5.32 Å². The summed E-state index contributed by atoms with van der Waals surface area (Å²) in [5, 5.41) is 2.82. The third-order valence-electron chi connectivity index (χ3n) is 6.39. The van der Waals surface area contributed by atoms with Crippen molar-refractivity contribution in [1.29, 1.82) is 0 Å². The number of anilines is 1.